The van der Waals surface area contributed by atoms with E-state index in [2.05, 4.69) is 4.90 Å². The summed E-state index contributed by atoms with van der Waals surface area (Å²) in [5.41, 5.74) is 2.97. The first-order valence-corrected chi connectivity index (χ1v) is 16.5. The third-order valence-electron chi connectivity index (χ3n) is 10.1. The van der Waals surface area contributed by atoms with Gasteiger partial charge in [0.05, 0.1) is 19.1 Å². The van der Waals surface area contributed by atoms with Crippen LogP contribution in [0.1, 0.15) is 60.4 Å². The van der Waals surface area contributed by atoms with E-state index in [4.69, 9.17) is 9.84 Å². The average Bonchev–Trinajstić information content (AvgIpc) is 3.27. The molecule has 1 N–H and O–H groups in total. The number of carbonyl (C=O) groups excluding carboxylic acids is 1. The smallest absolute Gasteiger partial charge is 0.251 e. The van der Waals surface area contributed by atoms with Crippen LogP contribution < -0.4 is 9.64 Å². The molecule has 0 amide bonds. The number of rotatable bonds is 9. The number of carbonyl (C=O) groups is 1. The molecule has 1 atom stereocenters. The minimum absolute atomic E-state index is 0.189. The second kappa shape index (κ2) is 16.1. The third kappa shape index (κ3) is 8.34. The van der Waals surface area contributed by atoms with Crippen LogP contribution in [-0.2, 0) is 17.8 Å². The highest BCUT2D eigenvalue weighted by Gasteiger charge is 2.38. The van der Waals surface area contributed by atoms with E-state index in [0.717, 1.165) is 69.7 Å². The number of halogens is 4. The van der Waals surface area contributed by atoms with Gasteiger partial charge in [0.15, 0.2) is 0 Å². The third-order valence-corrected chi connectivity index (χ3v) is 10.1. The molecule has 3 aromatic rings. The molecule has 0 bridgehead atoms. The molecule has 3 aliphatic heterocycles. The molecular weight excluding hydrogens is 610 g/mol. The number of anilines is 1. The van der Waals surface area contributed by atoms with Gasteiger partial charge < -0.3 is 19.5 Å². The lowest BCUT2D eigenvalue weighted by Gasteiger charge is -2.43. The molecule has 1 spiro atoms. The van der Waals surface area contributed by atoms with Gasteiger partial charge in [-0.2, -0.15) is 0 Å². The van der Waals surface area contributed by atoms with E-state index in [1.165, 1.54) is 17.0 Å². The van der Waals surface area contributed by atoms with Crippen LogP contribution in [0, 0.1) is 17.0 Å². The van der Waals surface area contributed by atoms with E-state index in [1.807, 2.05) is 41.3 Å². The van der Waals surface area contributed by atoms with Crippen LogP contribution in [0.5, 0.6) is 5.75 Å². The van der Waals surface area contributed by atoms with Crippen molar-refractivity contribution < 1.29 is 32.2 Å². The molecule has 47 heavy (non-hydrogen) atoms. The summed E-state index contributed by atoms with van der Waals surface area (Å²) in [4.78, 5) is 16.7. The Hall–Kier alpha value is -3.47. The van der Waals surface area contributed by atoms with Gasteiger partial charge in [-0.05, 0) is 98.0 Å². The quantitative estimate of drug-likeness (QED) is 0.206. The van der Waals surface area contributed by atoms with Gasteiger partial charge in [-0.25, -0.2) is 17.6 Å². The van der Waals surface area contributed by atoms with Crippen molar-refractivity contribution >= 4 is 12.0 Å². The Balaban J connectivity index is 0.00000213. The van der Waals surface area contributed by atoms with Gasteiger partial charge in [0.1, 0.15) is 30.3 Å². The van der Waals surface area contributed by atoms with Gasteiger partial charge in [0.25, 0.3) is 6.43 Å². The number of fused-ring (bicyclic) bond motifs is 1. The van der Waals surface area contributed by atoms with Gasteiger partial charge in [0, 0.05) is 38.0 Å². The highest BCUT2D eigenvalue weighted by molar-refractivity contribution is 5.53. The summed E-state index contributed by atoms with van der Waals surface area (Å²) in [5, 5.41) is 7.00. The predicted molar refractivity (Wildman–Crippen MR) is 175 cm³/mol. The summed E-state index contributed by atoms with van der Waals surface area (Å²) in [6.45, 7) is 3.74. The molecule has 254 valence electrons. The molecular formula is C37H45F4N3O3. The average molecular weight is 656 g/mol. The highest BCUT2D eigenvalue weighted by Crippen LogP contribution is 2.44. The molecule has 0 saturated carbocycles. The maximum Gasteiger partial charge on any atom is 0.251 e. The Morgan fingerprint density at radius 2 is 1.62 bits per heavy atom. The standard InChI is InChI=1S/C36H41F4N3O2.CH4O/c37-31-22-28(42-17-12-36(13-18-42)10-4-14-41(16-11-36)19-20-44)23-32(38)34(31)35-30-8-7-29(45-25-26-5-2-1-3-6-26)21-27(30)9-15-43(35)24-33(39)40;1-2/h1-3,5-8,20-23,33,35H,4,9-19,24-25H2;2H,1H3. The molecule has 0 radical (unpaired) electrons. The number of hydrogen-bond acceptors (Lipinski definition) is 6. The summed E-state index contributed by atoms with van der Waals surface area (Å²) in [5.74, 6) is -0.806. The first-order valence-electron chi connectivity index (χ1n) is 16.5. The van der Waals surface area contributed by atoms with Crippen LogP contribution in [0.25, 0.3) is 0 Å². The van der Waals surface area contributed by atoms with Crippen LogP contribution in [0.4, 0.5) is 23.2 Å². The van der Waals surface area contributed by atoms with E-state index >= 15 is 8.78 Å². The zero-order valence-electron chi connectivity index (χ0n) is 27.0. The summed E-state index contributed by atoms with van der Waals surface area (Å²) < 4.78 is 65.4. The Morgan fingerprint density at radius 3 is 2.30 bits per heavy atom. The molecule has 10 heteroatoms. The lowest BCUT2D eigenvalue weighted by molar-refractivity contribution is -0.108. The van der Waals surface area contributed by atoms with Crippen LogP contribution in [0.2, 0.25) is 0 Å². The number of piperidine rings is 1. The van der Waals surface area contributed by atoms with Crippen LogP contribution in [0.3, 0.4) is 0 Å². The van der Waals surface area contributed by atoms with Crippen molar-refractivity contribution in [1.82, 2.24) is 9.80 Å². The molecule has 3 aliphatic rings. The second-order valence-electron chi connectivity index (χ2n) is 12.8. The predicted octanol–water partition coefficient (Wildman–Crippen LogP) is 6.64. The zero-order valence-corrected chi connectivity index (χ0v) is 27.0. The topological polar surface area (TPSA) is 56.3 Å². The molecule has 3 heterocycles. The molecule has 6 rings (SSSR count). The van der Waals surface area contributed by atoms with Crippen LogP contribution >= 0.6 is 0 Å². The number of alkyl halides is 2. The number of aliphatic hydroxyl groups is 1. The number of nitrogens with zero attached hydrogens (tertiary/aromatic N) is 3. The van der Waals surface area contributed by atoms with Crippen molar-refractivity contribution in [1.29, 1.82) is 0 Å². The Morgan fingerprint density at radius 1 is 0.915 bits per heavy atom. The summed E-state index contributed by atoms with van der Waals surface area (Å²) in [6.07, 6.45) is 3.83. The van der Waals surface area contributed by atoms with E-state index < -0.39 is 30.6 Å². The number of ether oxygens (including phenoxy) is 1. The fourth-order valence-electron chi connectivity index (χ4n) is 7.55. The fraction of sp³-hybridized carbons (Fsp3) is 0.486. The molecule has 3 aromatic carbocycles. The monoisotopic (exact) mass is 655 g/mol. The van der Waals surface area contributed by atoms with Crippen molar-refractivity contribution in [2.45, 2.75) is 57.6 Å². The number of aldehydes is 1. The molecule has 1 unspecified atom stereocenters. The van der Waals surface area contributed by atoms with Crippen molar-refractivity contribution in [2.75, 3.05) is 57.8 Å². The molecule has 6 nitrogen and oxygen atoms in total. The van der Waals surface area contributed by atoms with Crippen molar-refractivity contribution in [3.05, 3.63) is 94.6 Å². The van der Waals surface area contributed by atoms with Gasteiger partial charge in [-0.15, -0.1) is 0 Å². The number of benzene rings is 3. The Bertz CT molecular complexity index is 1440. The second-order valence-corrected chi connectivity index (χ2v) is 12.8. The van der Waals surface area contributed by atoms with Gasteiger partial charge in [-0.1, -0.05) is 36.4 Å². The van der Waals surface area contributed by atoms with E-state index in [1.54, 1.807) is 12.1 Å². The first kappa shape index (κ1) is 34.9. The Labute approximate surface area is 274 Å². The maximum absolute atomic E-state index is 16.0. The minimum atomic E-state index is -2.64. The first-order chi connectivity index (χ1) is 22.8. The highest BCUT2D eigenvalue weighted by atomic mass is 19.3. The molecule has 2 fully saturated rings. The van der Waals surface area contributed by atoms with E-state index in [-0.39, 0.29) is 17.5 Å². The van der Waals surface area contributed by atoms with Crippen molar-refractivity contribution in [3.63, 3.8) is 0 Å². The normalized spacial score (nSPS) is 19.9. The fourth-order valence-corrected chi connectivity index (χ4v) is 7.55. The Kier molecular flexibility index (Phi) is 11.9. The zero-order chi connectivity index (χ0) is 33.4. The molecule has 0 aromatic heterocycles. The largest absolute Gasteiger partial charge is 0.489 e. The molecule has 2 saturated heterocycles. The van der Waals surface area contributed by atoms with Crippen molar-refractivity contribution in [2.24, 2.45) is 5.41 Å². The van der Waals surface area contributed by atoms with Gasteiger partial charge in [-0.3, -0.25) is 9.80 Å². The van der Waals surface area contributed by atoms with Crippen molar-refractivity contribution in [3.8, 4) is 5.75 Å². The van der Waals surface area contributed by atoms with Crippen LogP contribution in [0.15, 0.2) is 60.7 Å². The summed E-state index contributed by atoms with van der Waals surface area (Å²) >= 11 is 0. The maximum atomic E-state index is 16.0. The number of likely N-dealkylation sites (tertiary alicyclic amines) is 1. The van der Waals surface area contributed by atoms with Gasteiger partial charge >= 0.3 is 0 Å². The number of aliphatic hydroxyl groups excluding tert-OH is 1. The summed E-state index contributed by atoms with van der Waals surface area (Å²) in [7, 11) is 1.00. The molecule has 0 aliphatic carbocycles. The van der Waals surface area contributed by atoms with Gasteiger partial charge in [0.2, 0.25) is 0 Å². The summed E-state index contributed by atoms with van der Waals surface area (Å²) in [6, 6.07) is 16.9. The lowest BCUT2D eigenvalue weighted by Crippen LogP contribution is -2.41. The van der Waals surface area contributed by atoms with E-state index in [9.17, 15) is 13.6 Å². The SMILES string of the molecule is CO.O=CCN1CCCC2(CC1)CCN(c1cc(F)c(C3c4ccc(OCc5ccccc5)cc4CCN3CC(F)F)c(F)c1)CC2. The lowest BCUT2D eigenvalue weighted by atomic mass is 9.73. The number of hydrogen-bond donors (Lipinski definition) is 1. The minimum Gasteiger partial charge on any atom is -0.489 e. The van der Waals surface area contributed by atoms with Crippen LogP contribution in [-0.4, -0.2) is 80.5 Å². The van der Waals surface area contributed by atoms with E-state index in [0.29, 0.717) is 49.7 Å².